The summed E-state index contributed by atoms with van der Waals surface area (Å²) in [7, 11) is 4.61. The van der Waals surface area contributed by atoms with Gasteiger partial charge in [0.25, 0.3) is 0 Å². The van der Waals surface area contributed by atoms with Gasteiger partial charge >= 0.3 is 0 Å². The van der Waals surface area contributed by atoms with E-state index in [9.17, 15) is 10.2 Å². The Morgan fingerprint density at radius 2 is 1.78 bits per heavy atom. The van der Waals surface area contributed by atoms with Crippen LogP contribution in [0, 0.1) is 0 Å². The summed E-state index contributed by atoms with van der Waals surface area (Å²) in [6.07, 6.45) is 1.71. The molecule has 0 radical (unpaired) electrons. The molecular weight excluding hydrogens is 419 g/mol. The van der Waals surface area contributed by atoms with Crippen molar-refractivity contribution < 1.29 is 19.7 Å². The first-order chi connectivity index (χ1) is 15.5. The molecule has 170 valence electrons. The van der Waals surface area contributed by atoms with Gasteiger partial charge < -0.3 is 19.7 Å². The quantitative estimate of drug-likeness (QED) is 0.395. The van der Waals surface area contributed by atoms with Crippen molar-refractivity contribution in [3.05, 3.63) is 90.0 Å². The SMILES string of the molecule is C=CC.COc1ccc(C2CC(O)CC(CO)O2)cc1C(P)c1cc2cccccc-2c1. The summed E-state index contributed by atoms with van der Waals surface area (Å²) < 4.78 is 11.6. The standard InChI is InChI=1S/C24H27O4P.C3H6/c1-27-22-8-7-17(23-13-19(26)12-20(14-25)28-23)11-21(22)24(29)18-9-15-5-3-2-4-6-16(15)10-18;1-3-2/h2-11,19-20,23-26H,12-14,29H2,1H3;3H,1H2,2H3. The van der Waals surface area contributed by atoms with Gasteiger partial charge in [-0.25, -0.2) is 0 Å². The van der Waals surface area contributed by atoms with E-state index in [1.807, 2.05) is 25.1 Å². The zero-order valence-corrected chi connectivity index (χ0v) is 19.9. The molecule has 32 heavy (non-hydrogen) atoms. The van der Waals surface area contributed by atoms with Crippen molar-refractivity contribution in [3.8, 4) is 16.9 Å². The van der Waals surface area contributed by atoms with Gasteiger partial charge in [-0.2, -0.15) is 0 Å². The number of aliphatic hydroxyl groups excluding tert-OH is 2. The molecule has 0 amide bonds. The molecule has 3 aliphatic rings. The number of methoxy groups -OCH3 is 1. The van der Waals surface area contributed by atoms with Gasteiger partial charge in [0.2, 0.25) is 0 Å². The van der Waals surface area contributed by atoms with Gasteiger partial charge in [0, 0.05) is 24.1 Å². The van der Waals surface area contributed by atoms with Crippen LogP contribution < -0.4 is 4.74 Å². The van der Waals surface area contributed by atoms with Crippen molar-refractivity contribution in [1.82, 2.24) is 0 Å². The second kappa shape index (κ2) is 11.6. The van der Waals surface area contributed by atoms with Crippen molar-refractivity contribution >= 4 is 9.24 Å². The highest BCUT2D eigenvalue weighted by molar-refractivity contribution is 7.17. The third kappa shape index (κ3) is 5.76. The molecule has 4 nitrogen and oxygen atoms in total. The maximum atomic E-state index is 10.2. The highest BCUT2D eigenvalue weighted by atomic mass is 31.0. The lowest BCUT2D eigenvalue weighted by molar-refractivity contribution is -0.113. The Kier molecular flexibility index (Phi) is 8.84. The second-order valence-electron chi connectivity index (χ2n) is 8.05. The van der Waals surface area contributed by atoms with E-state index >= 15 is 0 Å². The molecule has 0 aromatic heterocycles. The second-order valence-corrected chi connectivity index (χ2v) is 8.72. The maximum absolute atomic E-state index is 10.2. The molecular formula is C27H33O4P. The molecule has 2 aliphatic carbocycles. The van der Waals surface area contributed by atoms with Gasteiger partial charge in [-0.15, -0.1) is 15.8 Å². The lowest BCUT2D eigenvalue weighted by Crippen LogP contribution is -2.33. The van der Waals surface area contributed by atoms with Gasteiger partial charge in [0.1, 0.15) is 5.75 Å². The lowest BCUT2D eigenvalue weighted by atomic mass is 9.93. The van der Waals surface area contributed by atoms with Crippen LogP contribution in [0.3, 0.4) is 0 Å². The topological polar surface area (TPSA) is 58.9 Å². The van der Waals surface area contributed by atoms with Crippen molar-refractivity contribution in [3.63, 3.8) is 0 Å². The van der Waals surface area contributed by atoms with Gasteiger partial charge in [-0.3, -0.25) is 0 Å². The van der Waals surface area contributed by atoms with Crippen LogP contribution in [0.25, 0.3) is 11.1 Å². The summed E-state index contributed by atoms with van der Waals surface area (Å²) in [5.74, 6) is 0.819. The largest absolute Gasteiger partial charge is 0.496 e. The molecule has 2 N–H and O–H groups in total. The molecule has 0 bridgehead atoms. The number of hydrogen-bond acceptors (Lipinski definition) is 4. The zero-order chi connectivity index (χ0) is 23.1. The molecule has 1 saturated heterocycles. The average molecular weight is 453 g/mol. The van der Waals surface area contributed by atoms with Crippen molar-refractivity contribution in [1.29, 1.82) is 0 Å². The van der Waals surface area contributed by atoms with Crippen LogP contribution in [0.4, 0.5) is 0 Å². The van der Waals surface area contributed by atoms with E-state index in [2.05, 4.69) is 58.3 Å². The summed E-state index contributed by atoms with van der Waals surface area (Å²) in [5, 5.41) is 19.7. The smallest absolute Gasteiger partial charge is 0.123 e. The van der Waals surface area contributed by atoms with Crippen LogP contribution in [0.5, 0.6) is 5.75 Å². The predicted molar refractivity (Wildman–Crippen MR) is 133 cm³/mol. The third-order valence-electron chi connectivity index (χ3n) is 5.65. The Balaban J connectivity index is 0.000000913. The fourth-order valence-electron chi connectivity index (χ4n) is 4.12. The first kappa shape index (κ1) is 24.4. The van der Waals surface area contributed by atoms with E-state index in [1.165, 1.54) is 16.7 Å². The summed E-state index contributed by atoms with van der Waals surface area (Å²) >= 11 is 0. The van der Waals surface area contributed by atoms with Crippen LogP contribution in [0.2, 0.25) is 0 Å². The summed E-state index contributed by atoms with van der Waals surface area (Å²) in [6.45, 7) is 5.17. The fourth-order valence-corrected chi connectivity index (χ4v) is 4.57. The summed E-state index contributed by atoms with van der Waals surface area (Å²) in [4.78, 5) is 0. The Hall–Kier alpha value is -2.23. The number of rotatable bonds is 5. The lowest BCUT2D eigenvalue weighted by Gasteiger charge is -2.33. The zero-order valence-electron chi connectivity index (χ0n) is 18.8. The number of aliphatic hydroxyl groups is 2. The maximum Gasteiger partial charge on any atom is 0.123 e. The molecule has 0 saturated carbocycles. The Bertz CT molecular complexity index is 958. The van der Waals surface area contributed by atoms with Crippen LogP contribution in [-0.2, 0) is 4.74 Å². The van der Waals surface area contributed by atoms with E-state index in [0.717, 1.165) is 16.9 Å². The van der Waals surface area contributed by atoms with E-state index in [1.54, 1.807) is 13.2 Å². The van der Waals surface area contributed by atoms with Crippen LogP contribution in [0.15, 0.2) is 73.3 Å². The Morgan fingerprint density at radius 3 is 2.38 bits per heavy atom. The summed E-state index contributed by atoms with van der Waals surface area (Å²) in [5.41, 5.74) is 5.72. The number of allylic oxidation sites excluding steroid dienone is 1. The van der Waals surface area contributed by atoms with Crippen LogP contribution >= 0.6 is 9.24 Å². The average Bonchev–Trinajstić information content (AvgIpc) is 3.08. The van der Waals surface area contributed by atoms with Crippen molar-refractivity contribution in [2.45, 2.75) is 43.7 Å². The molecule has 1 aromatic carbocycles. The van der Waals surface area contributed by atoms with E-state index in [0.29, 0.717) is 12.8 Å². The highest BCUT2D eigenvalue weighted by Gasteiger charge is 2.30. The molecule has 1 heterocycles. The first-order valence-electron chi connectivity index (χ1n) is 10.9. The Labute approximate surface area is 193 Å². The number of benzene rings is 1. The number of ether oxygens (including phenoxy) is 2. The van der Waals surface area contributed by atoms with E-state index < -0.39 is 6.10 Å². The van der Waals surface area contributed by atoms with Gasteiger partial charge in [-0.1, -0.05) is 54.6 Å². The molecule has 5 heteroatoms. The predicted octanol–water partition coefficient (Wildman–Crippen LogP) is 5.53. The Morgan fingerprint density at radius 1 is 1.12 bits per heavy atom. The van der Waals surface area contributed by atoms with Gasteiger partial charge in [0.05, 0.1) is 32.0 Å². The van der Waals surface area contributed by atoms with Gasteiger partial charge in [-0.05, 0) is 41.3 Å². The molecule has 5 unspecified atom stereocenters. The molecule has 0 spiro atoms. The van der Waals surface area contributed by atoms with Gasteiger partial charge in [0.15, 0.2) is 0 Å². The minimum atomic E-state index is -0.468. The monoisotopic (exact) mass is 452 g/mol. The van der Waals surface area contributed by atoms with Crippen molar-refractivity contribution in [2.75, 3.05) is 13.7 Å². The fraction of sp³-hybridized carbons (Fsp3) is 0.333. The number of fused-ring (bicyclic) bond motifs is 1. The minimum Gasteiger partial charge on any atom is -0.496 e. The highest BCUT2D eigenvalue weighted by Crippen LogP contribution is 2.42. The van der Waals surface area contributed by atoms with Crippen molar-refractivity contribution in [2.24, 2.45) is 0 Å². The van der Waals surface area contributed by atoms with Crippen LogP contribution in [-0.4, -0.2) is 36.1 Å². The molecule has 1 fully saturated rings. The minimum absolute atomic E-state index is 0.0600. The molecule has 1 aromatic rings. The molecule has 5 atom stereocenters. The normalized spacial score (nSPS) is 21.3. The van der Waals surface area contributed by atoms with E-state index in [4.69, 9.17) is 9.47 Å². The third-order valence-corrected chi connectivity index (χ3v) is 6.40. The first-order valence-corrected chi connectivity index (χ1v) is 11.6. The molecule has 1 aliphatic heterocycles. The van der Waals surface area contributed by atoms with E-state index in [-0.39, 0.29) is 24.5 Å². The van der Waals surface area contributed by atoms with Crippen LogP contribution in [0.1, 0.15) is 48.2 Å². The number of hydrogen-bond donors (Lipinski definition) is 2. The summed E-state index contributed by atoms with van der Waals surface area (Å²) in [6, 6.07) is 20.8. The molecule has 4 rings (SSSR count).